The predicted octanol–water partition coefficient (Wildman–Crippen LogP) is 4.29. The zero-order chi connectivity index (χ0) is 27.2. The largest absolute Gasteiger partial charge is 0.497 e. The summed E-state index contributed by atoms with van der Waals surface area (Å²) in [5.41, 5.74) is 2.97. The van der Waals surface area contributed by atoms with Crippen molar-refractivity contribution in [1.29, 1.82) is 0 Å². The van der Waals surface area contributed by atoms with Gasteiger partial charge >= 0.3 is 0 Å². The molecule has 0 saturated carbocycles. The van der Waals surface area contributed by atoms with E-state index in [1.807, 2.05) is 64.5 Å². The maximum Gasteiger partial charge on any atom is 0.260 e. The highest BCUT2D eigenvalue weighted by Crippen LogP contribution is 2.32. The van der Waals surface area contributed by atoms with Crippen LogP contribution in [0.3, 0.4) is 0 Å². The van der Waals surface area contributed by atoms with Crippen molar-refractivity contribution in [2.24, 2.45) is 0 Å². The number of carbonyl (C=O) groups excluding carboxylic acids is 2. The second kappa shape index (κ2) is 12.3. The lowest BCUT2D eigenvalue weighted by atomic mass is 10.1. The Hall–Kier alpha value is -3.91. The number of anilines is 1. The normalized spacial score (nSPS) is 19.6. The third kappa shape index (κ3) is 6.40. The van der Waals surface area contributed by atoms with Gasteiger partial charge in [-0.3, -0.25) is 19.5 Å². The molecule has 1 fully saturated rings. The highest BCUT2D eigenvalue weighted by Gasteiger charge is 2.36. The number of fused-ring (bicyclic) bond motifs is 3. The SMILES string of the molecule is COc1cccc(OCC(=O)N2Cc3ccccc3N(C(C)=O)CCC3CCC(C2)N3Cc2cccnc2)c1. The van der Waals surface area contributed by atoms with Gasteiger partial charge in [0.15, 0.2) is 6.61 Å². The lowest BCUT2D eigenvalue weighted by Crippen LogP contribution is -2.46. The van der Waals surface area contributed by atoms with Crippen LogP contribution in [-0.4, -0.2) is 65.5 Å². The van der Waals surface area contributed by atoms with Crippen molar-refractivity contribution in [2.45, 2.75) is 51.4 Å². The average molecular weight is 529 g/mol. The molecule has 2 bridgehead atoms. The number of amides is 2. The summed E-state index contributed by atoms with van der Waals surface area (Å²) in [4.78, 5) is 37.1. The second-order valence-corrected chi connectivity index (χ2v) is 10.2. The smallest absolute Gasteiger partial charge is 0.260 e. The third-order valence-electron chi connectivity index (χ3n) is 7.76. The third-order valence-corrected chi connectivity index (χ3v) is 7.76. The van der Waals surface area contributed by atoms with Crippen LogP contribution in [0.5, 0.6) is 11.5 Å². The molecule has 8 heteroatoms. The summed E-state index contributed by atoms with van der Waals surface area (Å²) in [7, 11) is 1.60. The van der Waals surface area contributed by atoms with E-state index >= 15 is 0 Å². The van der Waals surface area contributed by atoms with Crippen LogP contribution < -0.4 is 14.4 Å². The maximum atomic E-state index is 13.7. The molecule has 2 aromatic carbocycles. The van der Waals surface area contributed by atoms with E-state index in [0.717, 1.165) is 42.6 Å². The fourth-order valence-electron chi connectivity index (χ4n) is 5.76. The molecule has 5 rings (SSSR count). The van der Waals surface area contributed by atoms with Crippen molar-refractivity contribution in [3.63, 3.8) is 0 Å². The number of pyridine rings is 1. The van der Waals surface area contributed by atoms with Crippen molar-refractivity contribution in [3.05, 3.63) is 84.2 Å². The molecule has 39 heavy (non-hydrogen) atoms. The molecule has 1 aromatic heterocycles. The molecule has 0 N–H and O–H groups in total. The molecule has 3 aromatic rings. The number of nitrogens with zero attached hydrogens (tertiary/aromatic N) is 4. The molecule has 2 aliphatic heterocycles. The minimum absolute atomic E-state index is 0.00860. The van der Waals surface area contributed by atoms with Gasteiger partial charge in [0.25, 0.3) is 5.91 Å². The number of hydrogen-bond donors (Lipinski definition) is 0. The minimum Gasteiger partial charge on any atom is -0.497 e. The first-order valence-corrected chi connectivity index (χ1v) is 13.6. The van der Waals surface area contributed by atoms with Crippen molar-refractivity contribution in [2.75, 3.05) is 31.7 Å². The molecule has 2 amide bonds. The van der Waals surface area contributed by atoms with Crippen molar-refractivity contribution >= 4 is 17.5 Å². The number of hydrogen-bond acceptors (Lipinski definition) is 6. The van der Waals surface area contributed by atoms with E-state index in [4.69, 9.17) is 9.47 Å². The Balaban J connectivity index is 1.44. The Morgan fingerprint density at radius 3 is 2.59 bits per heavy atom. The Bertz CT molecular complexity index is 1280. The molecular formula is C31H36N4O4. The van der Waals surface area contributed by atoms with Gasteiger partial charge in [0.05, 0.1) is 7.11 Å². The Morgan fingerprint density at radius 1 is 0.974 bits per heavy atom. The first kappa shape index (κ1) is 26.7. The Morgan fingerprint density at radius 2 is 1.79 bits per heavy atom. The molecule has 2 atom stereocenters. The Labute approximate surface area is 230 Å². The van der Waals surface area contributed by atoms with E-state index in [-0.39, 0.29) is 24.5 Å². The minimum atomic E-state index is -0.0916. The number of ether oxygens (including phenoxy) is 2. The first-order chi connectivity index (χ1) is 19.0. The first-order valence-electron chi connectivity index (χ1n) is 13.6. The van der Waals surface area contributed by atoms with Crippen LogP contribution in [0.15, 0.2) is 73.1 Å². The summed E-state index contributed by atoms with van der Waals surface area (Å²) in [5.74, 6) is 1.18. The molecule has 0 radical (unpaired) electrons. The van der Waals surface area contributed by atoms with Crippen molar-refractivity contribution in [1.82, 2.24) is 14.8 Å². The van der Waals surface area contributed by atoms with Crippen LogP contribution >= 0.6 is 0 Å². The molecule has 0 aliphatic carbocycles. The molecule has 1 saturated heterocycles. The number of para-hydroxylation sites is 1. The number of aromatic nitrogens is 1. The quantitative estimate of drug-likeness (QED) is 0.475. The molecule has 8 nitrogen and oxygen atoms in total. The van der Waals surface area contributed by atoms with Gasteiger partial charge in [0.1, 0.15) is 11.5 Å². The number of benzene rings is 2. The summed E-state index contributed by atoms with van der Waals surface area (Å²) in [6, 6.07) is 19.8. The standard InChI is InChI=1S/C31H36N4O4/c1-23(36)34-16-14-26-12-13-27(35(26)19-24-7-6-15-32-18-24)21-33(20-25-8-3-4-11-30(25)34)31(37)22-39-29-10-5-9-28(17-29)38-2/h3-11,15,17-18,26-27H,12-14,16,19-22H2,1-2H3. The Kier molecular flexibility index (Phi) is 8.42. The molecule has 2 aliphatic rings. The topological polar surface area (TPSA) is 75.2 Å². The summed E-state index contributed by atoms with van der Waals surface area (Å²) >= 11 is 0. The van der Waals surface area contributed by atoms with Gasteiger partial charge < -0.3 is 19.3 Å². The van der Waals surface area contributed by atoms with Crippen LogP contribution in [0, 0.1) is 0 Å². The summed E-state index contributed by atoms with van der Waals surface area (Å²) < 4.78 is 11.2. The summed E-state index contributed by atoms with van der Waals surface area (Å²) in [6.45, 7) is 3.93. The lowest BCUT2D eigenvalue weighted by Gasteiger charge is -2.33. The van der Waals surface area contributed by atoms with Gasteiger partial charge in [0.2, 0.25) is 5.91 Å². The number of methoxy groups -OCH3 is 1. The predicted molar refractivity (Wildman–Crippen MR) is 150 cm³/mol. The van der Waals surface area contributed by atoms with Gasteiger partial charge in [-0.25, -0.2) is 0 Å². The molecule has 2 unspecified atom stereocenters. The molecule has 204 valence electrons. The van der Waals surface area contributed by atoms with E-state index < -0.39 is 0 Å². The highest BCUT2D eigenvalue weighted by molar-refractivity contribution is 5.92. The van der Waals surface area contributed by atoms with Crippen LogP contribution in [0.1, 0.15) is 37.3 Å². The zero-order valence-electron chi connectivity index (χ0n) is 22.7. The van der Waals surface area contributed by atoms with Crippen LogP contribution in [-0.2, 0) is 22.7 Å². The van der Waals surface area contributed by atoms with Crippen molar-refractivity contribution < 1.29 is 19.1 Å². The number of carbonyl (C=O) groups is 2. The highest BCUT2D eigenvalue weighted by atomic mass is 16.5. The van der Waals surface area contributed by atoms with Crippen LogP contribution in [0.2, 0.25) is 0 Å². The van der Waals surface area contributed by atoms with Gasteiger partial charge in [-0.05, 0) is 54.7 Å². The fraction of sp³-hybridized carbons (Fsp3) is 0.387. The van der Waals surface area contributed by atoms with Crippen LogP contribution in [0.25, 0.3) is 0 Å². The average Bonchev–Trinajstić information content (AvgIpc) is 3.31. The lowest BCUT2D eigenvalue weighted by molar-refractivity contribution is -0.134. The van der Waals surface area contributed by atoms with E-state index in [1.165, 1.54) is 0 Å². The van der Waals surface area contributed by atoms with E-state index in [2.05, 4.69) is 16.0 Å². The zero-order valence-corrected chi connectivity index (χ0v) is 22.7. The van der Waals surface area contributed by atoms with Crippen LogP contribution in [0.4, 0.5) is 5.69 Å². The van der Waals surface area contributed by atoms with E-state index in [1.54, 1.807) is 26.3 Å². The maximum absolute atomic E-state index is 13.7. The summed E-state index contributed by atoms with van der Waals surface area (Å²) in [6.07, 6.45) is 6.59. The number of rotatable bonds is 6. The van der Waals surface area contributed by atoms with E-state index in [0.29, 0.717) is 37.2 Å². The summed E-state index contributed by atoms with van der Waals surface area (Å²) in [5, 5.41) is 0. The molecular weight excluding hydrogens is 492 g/mol. The van der Waals surface area contributed by atoms with Crippen molar-refractivity contribution in [3.8, 4) is 11.5 Å². The van der Waals surface area contributed by atoms with Gasteiger partial charge in [-0.15, -0.1) is 0 Å². The monoisotopic (exact) mass is 528 g/mol. The molecule has 0 spiro atoms. The van der Waals surface area contributed by atoms with Gasteiger partial charge in [0, 0.05) is 69.3 Å². The molecule has 3 heterocycles. The fourth-order valence-corrected chi connectivity index (χ4v) is 5.76. The van der Waals surface area contributed by atoms with E-state index in [9.17, 15) is 9.59 Å². The van der Waals surface area contributed by atoms with Gasteiger partial charge in [-0.2, -0.15) is 0 Å². The second-order valence-electron chi connectivity index (χ2n) is 10.2. The van der Waals surface area contributed by atoms with Gasteiger partial charge in [-0.1, -0.05) is 30.3 Å².